The smallest absolute Gasteiger partial charge is 0.323 e. The van der Waals surface area contributed by atoms with Gasteiger partial charge in [0.1, 0.15) is 17.3 Å². The lowest BCUT2D eigenvalue weighted by Crippen LogP contribution is -2.28. The van der Waals surface area contributed by atoms with Gasteiger partial charge in [0.2, 0.25) is 0 Å². The summed E-state index contributed by atoms with van der Waals surface area (Å²) in [6.07, 6.45) is 0. The van der Waals surface area contributed by atoms with Crippen LogP contribution in [0.5, 0.6) is 11.5 Å². The van der Waals surface area contributed by atoms with Crippen LogP contribution in [0.15, 0.2) is 59.4 Å². The number of hydrogen-bond donors (Lipinski definition) is 4. The van der Waals surface area contributed by atoms with Crippen molar-refractivity contribution in [2.45, 2.75) is 6.92 Å². The van der Waals surface area contributed by atoms with Crippen molar-refractivity contribution in [3.63, 3.8) is 0 Å². The van der Waals surface area contributed by atoms with Gasteiger partial charge in [-0.1, -0.05) is 17.7 Å². The number of phenols is 2. The zero-order valence-electron chi connectivity index (χ0n) is 17.6. The van der Waals surface area contributed by atoms with Gasteiger partial charge in [0.25, 0.3) is 5.56 Å². The number of fused-ring (bicyclic) bond motifs is 1. The minimum atomic E-state index is -0.976. The standard InChI is InChI=1S/C24H19F2N3O4/c1-12-3-7-18-15(9-12)21(13-4-8-19(30)20(31)10-13)22(23(32)29(18)2)28-24(33)27-17-6-5-14(25)11-16(17)26/h3-11,30-31H,1-2H3,(H2,27,28,33). The zero-order valence-corrected chi connectivity index (χ0v) is 17.6. The number of nitrogens with zero attached hydrogens (tertiary/aromatic N) is 1. The van der Waals surface area contributed by atoms with Crippen LogP contribution < -0.4 is 16.2 Å². The lowest BCUT2D eigenvalue weighted by atomic mass is 9.97. The molecule has 4 aromatic rings. The normalized spacial score (nSPS) is 10.9. The van der Waals surface area contributed by atoms with Crippen molar-refractivity contribution in [1.29, 1.82) is 0 Å². The maximum Gasteiger partial charge on any atom is 0.323 e. The predicted molar refractivity (Wildman–Crippen MR) is 122 cm³/mol. The van der Waals surface area contributed by atoms with Crippen molar-refractivity contribution < 1.29 is 23.8 Å². The van der Waals surface area contributed by atoms with Crippen molar-refractivity contribution in [2.75, 3.05) is 10.6 Å². The van der Waals surface area contributed by atoms with E-state index in [9.17, 15) is 28.6 Å². The Labute approximate surface area is 186 Å². The van der Waals surface area contributed by atoms with E-state index in [1.54, 1.807) is 13.1 Å². The highest BCUT2D eigenvalue weighted by Gasteiger charge is 2.20. The van der Waals surface area contributed by atoms with Gasteiger partial charge < -0.3 is 25.4 Å². The highest BCUT2D eigenvalue weighted by Crippen LogP contribution is 2.37. The number of amides is 2. The molecular formula is C24H19F2N3O4. The fourth-order valence-corrected chi connectivity index (χ4v) is 3.61. The van der Waals surface area contributed by atoms with Crippen LogP contribution in [0.25, 0.3) is 22.0 Å². The molecule has 0 spiro atoms. The molecule has 3 aromatic carbocycles. The van der Waals surface area contributed by atoms with Crippen molar-refractivity contribution in [3.8, 4) is 22.6 Å². The van der Waals surface area contributed by atoms with Crippen LogP contribution in [-0.2, 0) is 7.05 Å². The SMILES string of the molecule is Cc1ccc2c(c1)c(-c1ccc(O)c(O)c1)c(NC(=O)Nc1ccc(F)cc1F)c(=O)n2C. The summed E-state index contributed by atoms with van der Waals surface area (Å²) in [6.45, 7) is 1.86. The van der Waals surface area contributed by atoms with Crippen LogP contribution in [0, 0.1) is 18.6 Å². The molecule has 0 aliphatic heterocycles. The summed E-state index contributed by atoms with van der Waals surface area (Å²) in [7, 11) is 1.54. The highest BCUT2D eigenvalue weighted by molar-refractivity contribution is 6.08. The number of aromatic hydroxyl groups is 2. The molecule has 0 aliphatic carbocycles. The second kappa shape index (κ2) is 8.27. The first kappa shape index (κ1) is 21.8. The predicted octanol–water partition coefficient (Wildman–Crippen LogP) is 4.85. The number of nitrogens with one attached hydrogen (secondary N) is 2. The molecule has 7 nitrogen and oxygen atoms in total. The quantitative estimate of drug-likeness (QED) is 0.335. The summed E-state index contributed by atoms with van der Waals surface area (Å²) in [4.78, 5) is 25.9. The van der Waals surface area contributed by atoms with E-state index >= 15 is 0 Å². The molecule has 1 aromatic heterocycles. The monoisotopic (exact) mass is 451 g/mol. The number of urea groups is 1. The van der Waals surface area contributed by atoms with Gasteiger partial charge in [0.15, 0.2) is 11.5 Å². The summed E-state index contributed by atoms with van der Waals surface area (Å²) < 4.78 is 28.5. The average Bonchev–Trinajstić information content (AvgIpc) is 2.76. The molecule has 1 heterocycles. The van der Waals surface area contributed by atoms with Gasteiger partial charge in [0, 0.05) is 24.1 Å². The summed E-state index contributed by atoms with van der Waals surface area (Å²) in [5.41, 5.74) is 1.18. The maximum atomic E-state index is 14.0. The molecule has 4 N–H and O–H groups in total. The Morgan fingerprint density at radius 1 is 0.939 bits per heavy atom. The number of aryl methyl sites for hydroxylation is 2. The van der Waals surface area contributed by atoms with Gasteiger partial charge in [-0.2, -0.15) is 0 Å². The molecule has 0 saturated heterocycles. The lowest BCUT2D eigenvalue weighted by Gasteiger charge is -2.18. The molecule has 0 saturated carbocycles. The molecule has 0 aliphatic rings. The Morgan fingerprint density at radius 3 is 2.39 bits per heavy atom. The van der Waals surface area contributed by atoms with Crippen LogP contribution in [0.2, 0.25) is 0 Å². The number of anilines is 2. The summed E-state index contributed by atoms with van der Waals surface area (Å²) in [5.74, 6) is -2.53. The first-order chi connectivity index (χ1) is 15.7. The van der Waals surface area contributed by atoms with Gasteiger partial charge in [-0.25, -0.2) is 13.6 Å². The van der Waals surface area contributed by atoms with Crippen LogP contribution in [0.3, 0.4) is 0 Å². The molecule has 168 valence electrons. The average molecular weight is 451 g/mol. The third-order valence-corrected chi connectivity index (χ3v) is 5.23. The number of benzene rings is 3. The topological polar surface area (TPSA) is 104 Å². The van der Waals surface area contributed by atoms with E-state index < -0.39 is 29.0 Å². The molecule has 0 atom stereocenters. The number of carbonyl (C=O) groups is 1. The zero-order chi connectivity index (χ0) is 23.9. The number of carbonyl (C=O) groups excluding carboxylic acids is 1. The second-order valence-corrected chi connectivity index (χ2v) is 7.54. The van der Waals surface area contributed by atoms with E-state index in [4.69, 9.17) is 0 Å². The van der Waals surface area contributed by atoms with E-state index in [2.05, 4.69) is 10.6 Å². The van der Waals surface area contributed by atoms with Crippen LogP contribution >= 0.6 is 0 Å². The lowest BCUT2D eigenvalue weighted by molar-refractivity contribution is 0.262. The van der Waals surface area contributed by atoms with E-state index in [0.29, 0.717) is 28.1 Å². The highest BCUT2D eigenvalue weighted by atomic mass is 19.1. The van der Waals surface area contributed by atoms with E-state index in [-0.39, 0.29) is 17.1 Å². The van der Waals surface area contributed by atoms with E-state index in [1.807, 2.05) is 19.1 Å². The van der Waals surface area contributed by atoms with E-state index in [1.165, 1.54) is 22.8 Å². The number of phenolic OH excluding ortho intramolecular Hbond substituents is 2. The molecule has 0 bridgehead atoms. The Morgan fingerprint density at radius 2 is 1.70 bits per heavy atom. The maximum absolute atomic E-state index is 14.0. The van der Waals surface area contributed by atoms with Crippen molar-refractivity contribution >= 4 is 28.3 Å². The summed E-state index contributed by atoms with van der Waals surface area (Å²) in [6, 6.07) is 11.2. The summed E-state index contributed by atoms with van der Waals surface area (Å²) in [5, 5.41) is 25.1. The van der Waals surface area contributed by atoms with Gasteiger partial charge in [-0.15, -0.1) is 0 Å². The first-order valence-electron chi connectivity index (χ1n) is 9.84. The third kappa shape index (κ3) is 4.08. The largest absolute Gasteiger partial charge is 0.504 e. The number of aromatic nitrogens is 1. The first-order valence-corrected chi connectivity index (χ1v) is 9.84. The number of rotatable bonds is 3. The second-order valence-electron chi connectivity index (χ2n) is 7.54. The summed E-state index contributed by atoms with van der Waals surface area (Å²) >= 11 is 0. The fourth-order valence-electron chi connectivity index (χ4n) is 3.61. The van der Waals surface area contributed by atoms with Gasteiger partial charge in [-0.05, 0) is 48.9 Å². The molecule has 9 heteroatoms. The number of hydrogen-bond acceptors (Lipinski definition) is 4. The van der Waals surface area contributed by atoms with E-state index in [0.717, 1.165) is 17.7 Å². The molecular weight excluding hydrogens is 432 g/mol. The Bertz CT molecular complexity index is 1480. The number of pyridine rings is 1. The van der Waals surface area contributed by atoms with Gasteiger partial charge >= 0.3 is 6.03 Å². The van der Waals surface area contributed by atoms with Crippen LogP contribution in [0.1, 0.15) is 5.56 Å². The van der Waals surface area contributed by atoms with Crippen molar-refractivity contribution in [2.24, 2.45) is 7.05 Å². The molecule has 0 unspecified atom stereocenters. The Kier molecular flexibility index (Phi) is 5.47. The fraction of sp³-hybridized carbons (Fsp3) is 0.0833. The van der Waals surface area contributed by atoms with Crippen molar-refractivity contribution in [1.82, 2.24) is 4.57 Å². The molecule has 4 rings (SSSR count). The Balaban J connectivity index is 1.89. The molecule has 2 amide bonds. The van der Waals surface area contributed by atoms with Crippen LogP contribution in [-0.4, -0.2) is 20.8 Å². The minimum absolute atomic E-state index is 0.124. The minimum Gasteiger partial charge on any atom is -0.504 e. The molecule has 33 heavy (non-hydrogen) atoms. The molecule has 0 radical (unpaired) electrons. The third-order valence-electron chi connectivity index (χ3n) is 5.23. The van der Waals surface area contributed by atoms with Crippen molar-refractivity contribution in [3.05, 3.63) is 82.1 Å². The Hall–Kier alpha value is -4.40. The van der Waals surface area contributed by atoms with Gasteiger partial charge in [0.05, 0.1) is 11.2 Å². The van der Waals surface area contributed by atoms with Crippen LogP contribution in [0.4, 0.5) is 25.0 Å². The molecule has 0 fully saturated rings. The number of halogens is 2. The van der Waals surface area contributed by atoms with Gasteiger partial charge in [-0.3, -0.25) is 4.79 Å².